The van der Waals surface area contributed by atoms with Gasteiger partial charge < -0.3 is 15.0 Å². The zero-order chi connectivity index (χ0) is 14.4. The van der Waals surface area contributed by atoms with Crippen molar-refractivity contribution < 1.29 is 9.53 Å². The maximum Gasteiger partial charge on any atom is 0.263 e. The van der Waals surface area contributed by atoms with E-state index in [4.69, 9.17) is 27.9 Å². The minimum absolute atomic E-state index is 0. The minimum atomic E-state index is -0.613. The van der Waals surface area contributed by atoms with Crippen molar-refractivity contribution in [3.63, 3.8) is 0 Å². The standard InChI is InChI=1S/C13H18Cl2N2O2.ClH/c1-9(13(18)17(3)8-7-16-2)19-11-6-4-5-10(14)12(11)15;/h4-6,9,16H,7-8H2,1-3H3;1H. The van der Waals surface area contributed by atoms with E-state index < -0.39 is 6.10 Å². The van der Waals surface area contributed by atoms with E-state index in [2.05, 4.69) is 5.32 Å². The van der Waals surface area contributed by atoms with Gasteiger partial charge in [0.15, 0.2) is 6.10 Å². The minimum Gasteiger partial charge on any atom is -0.479 e. The lowest BCUT2D eigenvalue weighted by Crippen LogP contribution is -2.40. The molecule has 20 heavy (non-hydrogen) atoms. The van der Waals surface area contributed by atoms with E-state index in [1.54, 1.807) is 37.1 Å². The van der Waals surface area contributed by atoms with E-state index in [9.17, 15) is 4.79 Å². The molecule has 1 aromatic carbocycles. The number of nitrogens with zero attached hydrogens (tertiary/aromatic N) is 1. The average molecular weight is 342 g/mol. The number of amides is 1. The molecule has 0 bridgehead atoms. The first-order valence-corrected chi connectivity index (χ1v) is 6.73. The summed E-state index contributed by atoms with van der Waals surface area (Å²) >= 11 is 11.9. The van der Waals surface area contributed by atoms with Crippen LogP contribution in [0.3, 0.4) is 0 Å². The SMILES string of the molecule is CNCCN(C)C(=O)C(C)Oc1cccc(Cl)c1Cl.Cl. The molecule has 114 valence electrons. The molecule has 1 N–H and O–H groups in total. The molecule has 0 aromatic heterocycles. The second-order valence-electron chi connectivity index (χ2n) is 4.18. The second kappa shape index (κ2) is 9.29. The third-order valence-electron chi connectivity index (χ3n) is 2.64. The van der Waals surface area contributed by atoms with Gasteiger partial charge in [-0.05, 0) is 26.1 Å². The fraction of sp³-hybridized carbons (Fsp3) is 0.462. The molecule has 0 saturated heterocycles. The van der Waals surface area contributed by atoms with Crippen LogP contribution in [0.2, 0.25) is 10.0 Å². The lowest BCUT2D eigenvalue weighted by atomic mass is 10.3. The summed E-state index contributed by atoms with van der Waals surface area (Å²) in [6, 6.07) is 5.08. The number of halogens is 3. The summed E-state index contributed by atoms with van der Waals surface area (Å²) in [5.74, 6) is 0.309. The first-order valence-electron chi connectivity index (χ1n) is 5.97. The Balaban J connectivity index is 0.00000361. The summed E-state index contributed by atoms with van der Waals surface area (Å²) in [5.41, 5.74) is 0. The Morgan fingerprint density at radius 2 is 2.10 bits per heavy atom. The zero-order valence-electron chi connectivity index (χ0n) is 11.7. The van der Waals surface area contributed by atoms with Crippen molar-refractivity contribution in [3.8, 4) is 5.75 Å². The molecule has 1 atom stereocenters. The summed E-state index contributed by atoms with van der Waals surface area (Å²) < 4.78 is 5.56. The van der Waals surface area contributed by atoms with E-state index in [0.29, 0.717) is 22.3 Å². The highest BCUT2D eigenvalue weighted by atomic mass is 35.5. The summed E-state index contributed by atoms with van der Waals surface area (Å²) in [5, 5.41) is 3.71. The predicted octanol–water partition coefficient (Wildman–Crippen LogP) is 2.86. The molecule has 1 aromatic rings. The first-order chi connectivity index (χ1) is 8.97. The highest BCUT2D eigenvalue weighted by molar-refractivity contribution is 6.42. The van der Waals surface area contributed by atoms with Crippen LogP contribution in [0.25, 0.3) is 0 Å². The van der Waals surface area contributed by atoms with Gasteiger partial charge in [-0.2, -0.15) is 0 Å². The molecule has 0 radical (unpaired) electrons. The van der Waals surface area contributed by atoms with E-state index in [-0.39, 0.29) is 18.3 Å². The fourth-order valence-electron chi connectivity index (χ4n) is 1.52. The number of hydrogen-bond acceptors (Lipinski definition) is 3. The Labute approximate surface area is 135 Å². The maximum absolute atomic E-state index is 12.0. The van der Waals surface area contributed by atoms with Crippen molar-refractivity contribution in [3.05, 3.63) is 28.2 Å². The summed E-state index contributed by atoms with van der Waals surface area (Å²) in [4.78, 5) is 13.7. The highest BCUT2D eigenvalue weighted by Gasteiger charge is 2.20. The van der Waals surface area contributed by atoms with Crippen LogP contribution in [0.5, 0.6) is 5.75 Å². The third-order valence-corrected chi connectivity index (χ3v) is 3.44. The molecule has 0 saturated carbocycles. The predicted molar refractivity (Wildman–Crippen MR) is 85.4 cm³/mol. The average Bonchev–Trinajstić information content (AvgIpc) is 2.40. The molecule has 0 fully saturated rings. The number of carbonyl (C=O) groups excluding carboxylic acids is 1. The van der Waals surface area contributed by atoms with Gasteiger partial charge in [-0.25, -0.2) is 0 Å². The van der Waals surface area contributed by atoms with Crippen LogP contribution >= 0.6 is 35.6 Å². The van der Waals surface area contributed by atoms with Crippen LogP contribution in [0.15, 0.2) is 18.2 Å². The Hall–Kier alpha value is -0.680. The van der Waals surface area contributed by atoms with Crippen LogP contribution in [0, 0.1) is 0 Å². The van der Waals surface area contributed by atoms with E-state index in [1.165, 1.54) is 0 Å². The quantitative estimate of drug-likeness (QED) is 0.865. The molecule has 0 aliphatic carbocycles. The summed E-state index contributed by atoms with van der Waals surface area (Å²) in [6.07, 6.45) is -0.613. The van der Waals surface area contributed by atoms with Crippen LogP contribution in [-0.2, 0) is 4.79 Å². The van der Waals surface area contributed by atoms with Gasteiger partial charge in [0.2, 0.25) is 0 Å². The Morgan fingerprint density at radius 3 is 2.70 bits per heavy atom. The Bertz CT molecular complexity index is 444. The normalized spacial score (nSPS) is 11.4. The lowest BCUT2D eigenvalue weighted by molar-refractivity contribution is -0.136. The largest absolute Gasteiger partial charge is 0.479 e. The number of carbonyl (C=O) groups is 1. The van der Waals surface area contributed by atoms with Crippen molar-refractivity contribution in [1.29, 1.82) is 0 Å². The van der Waals surface area contributed by atoms with Crippen molar-refractivity contribution in [2.75, 3.05) is 27.2 Å². The molecule has 4 nitrogen and oxygen atoms in total. The Kier molecular flexibility index (Phi) is 8.98. The molecule has 0 heterocycles. The highest BCUT2D eigenvalue weighted by Crippen LogP contribution is 2.32. The van der Waals surface area contributed by atoms with Gasteiger partial charge >= 0.3 is 0 Å². The van der Waals surface area contributed by atoms with E-state index >= 15 is 0 Å². The summed E-state index contributed by atoms with van der Waals surface area (Å²) in [6.45, 7) is 3.04. The summed E-state index contributed by atoms with van der Waals surface area (Å²) in [7, 11) is 3.57. The van der Waals surface area contributed by atoms with Crippen molar-refractivity contribution in [2.24, 2.45) is 0 Å². The number of hydrogen-bond donors (Lipinski definition) is 1. The molecule has 1 rings (SSSR count). The molecule has 1 unspecified atom stereocenters. The van der Waals surface area contributed by atoms with Gasteiger partial charge in [-0.3, -0.25) is 4.79 Å². The number of nitrogens with one attached hydrogen (secondary N) is 1. The molecule has 0 spiro atoms. The van der Waals surface area contributed by atoms with Gasteiger partial charge in [0, 0.05) is 20.1 Å². The van der Waals surface area contributed by atoms with Gasteiger partial charge in [0.25, 0.3) is 5.91 Å². The number of rotatable bonds is 6. The van der Waals surface area contributed by atoms with Gasteiger partial charge in [-0.15, -0.1) is 12.4 Å². The van der Waals surface area contributed by atoms with Crippen molar-refractivity contribution >= 4 is 41.5 Å². The van der Waals surface area contributed by atoms with Crippen LogP contribution in [-0.4, -0.2) is 44.1 Å². The molecule has 1 amide bonds. The van der Waals surface area contributed by atoms with Gasteiger partial charge in [-0.1, -0.05) is 29.3 Å². The number of likely N-dealkylation sites (N-methyl/N-ethyl adjacent to an activating group) is 2. The van der Waals surface area contributed by atoms with E-state index in [0.717, 1.165) is 6.54 Å². The molecule has 0 aliphatic heterocycles. The smallest absolute Gasteiger partial charge is 0.263 e. The molecule has 7 heteroatoms. The first kappa shape index (κ1) is 19.3. The number of ether oxygens (including phenoxy) is 1. The van der Waals surface area contributed by atoms with Crippen molar-refractivity contribution in [1.82, 2.24) is 10.2 Å². The van der Waals surface area contributed by atoms with Crippen LogP contribution < -0.4 is 10.1 Å². The Morgan fingerprint density at radius 1 is 1.45 bits per heavy atom. The van der Waals surface area contributed by atoms with Crippen LogP contribution in [0.1, 0.15) is 6.92 Å². The van der Waals surface area contributed by atoms with Gasteiger partial charge in [0.05, 0.1) is 5.02 Å². The van der Waals surface area contributed by atoms with Gasteiger partial charge in [0.1, 0.15) is 10.8 Å². The number of benzene rings is 1. The zero-order valence-corrected chi connectivity index (χ0v) is 14.0. The molecular formula is C13H19Cl3N2O2. The maximum atomic E-state index is 12.0. The molecular weight excluding hydrogens is 323 g/mol. The monoisotopic (exact) mass is 340 g/mol. The molecule has 0 aliphatic rings. The van der Waals surface area contributed by atoms with Crippen LogP contribution in [0.4, 0.5) is 0 Å². The van der Waals surface area contributed by atoms with E-state index in [1.807, 2.05) is 7.05 Å². The second-order valence-corrected chi connectivity index (χ2v) is 4.96. The third kappa shape index (κ3) is 5.37. The fourth-order valence-corrected chi connectivity index (χ4v) is 1.85. The lowest BCUT2D eigenvalue weighted by Gasteiger charge is -2.22. The topological polar surface area (TPSA) is 41.6 Å². The van der Waals surface area contributed by atoms with Crippen molar-refractivity contribution in [2.45, 2.75) is 13.0 Å².